The number of carbonyl (C=O) groups excluding carboxylic acids is 1. The third-order valence-corrected chi connectivity index (χ3v) is 5.58. The quantitative estimate of drug-likeness (QED) is 0.746. The lowest BCUT2D eigenvalue weighted by Crippen LogP contribution is -2.42. The third-order valence-electron chi connectivity index (χ3n) is 3.11. The smallest absolute Gasteiger partial charge is 0.265 e. The number of benzene rings is 2. The van der Waals surface area contributed by atoms with Gasteiger partial charge in [0, 0.05) is 5.02 Å². The molecule has 0 aromatic heterocycles. The number of rotatable bonds is 5. The SMILES string of the molecule is CC(C(=O)Cl)N(c1cccc(Cl)c1)S(=O)(=O)c1ccc(F)cc1. The van der Waals surface area contributed by atoms with E-state index in [4.69, 9.17) is 23.2 Å². The Morgan fingerprint density at radius 3 is 2.30 bits per heavy atom. The van der Waals surface area contributed by atoms with Crippen molar-refractivity contribution in [3.63, 3.8) is 0 Å². The molecule has 23 heavy (non-hydrogen) atoms. The van der Waals surface area contributed by atoms with E-state index in [0.29, 0.717) is 5.02 Å². The fourth-order valence-corrected chi connectivity index (χ4v) is 3.95. The van der Waals surface area contributed by atoms with Gasteiger partial charge in [0.15, 0.2) is 0 Å². The summed E-state index contributed by atoms with van der Waals surface area (Å²) in [4.78, 5) is 11.4. The molecule has 0 radical (unpaired) electrons. The summed E-state index contributed by atoms with van der Waals surface area (Å²) in [6, 6.07) is 9.14. The van der Waals surface area contributed by atoms with Crippen molar-refractivity contribution >= 4 is 44.2 Å². The first kappa shape index (κ1) is 17.7. The second-order valence-electron chi connectivity index (χ2n) is 4.71. The maximum atomic E-state index is 13.0. The lowest BCUT2D eigenvalue weighted by molar-refractivity contribution is -0.112. The van der Waals surface area contributed by atoms with Gasteiger partial charge in [-0.2, -0.15) is 0 Å². The van der Waals surface area contributed by atoms with E-state index in [-0.39, 0.29) is 10.6 Å². The number of hydrogen-bond acceptors (Lipinski definition) is 3. The molecule has 2 aromatic rings. The number of sulfonamides is 1. The standard InChI is InChI=1S/C15H12Cl2FNO3S/c1-10(15(17)20)19(13-4-2-3-11(16)9-13)23(21,22)14-7-5-12(18)6-8-14/h2-10H,1H3. The first-order valence-corrected chi connectivity index (χ1v) is 8.68. The lowest BCUT2D eigenvalue weighted by atomic mass is 10.3. The third kappa shape index (κ3) is 3.83. The maximum Gasteiger partial charge on any atom is 0.265 e. The predicted molar refractivity (Wildman–Crippen MR) is 87.8 cm³/mol. The fraction of sp³-hybridized carbons (Fsp3) is 0.133. The monoisotopic (exact) mass is 375 g/mol. The van der Waals surface area contributed by atoms with Crippen LogP contribution >= 0.6 is 23.2 Å². The van der Waals surface area contributed by atoms with Crippen molar-refractivity contribution in [2.24, 2.45) is 0 Å². The van der Waals surface area contributed by atoms with Crippen molar-refractivity contribution in [1.82, 2.24) is 0 Å². The molecule has 0 spiro atoms. The van der Waals surface area contributed by atoms with Crippen molar-refractivity contribution in [3.8, 4) is 0 Å². The normalized spacial score (nSPS) is 12.7. The highest BCUT2D eigenvalue weighted by atomic mass is 35.5. The van der Waals surface area contributed by atoms with E-state index in [1.807, 2.05) is 0 Å². The minimum absolute atomic E-state index is 0.163. The molecule has 0 bridgehead atoms. The van der Waals surface area contributed by atoms with Gasteiger partial charge in [0.25, 0.3) is 10.0 Å². The van der Waals surface area contributed by atoms with Gasteiger partial charge in [-0.25, -0.2) is 12.8 Å². The molecule has 0 saturated heterocycles. The molecule has 8 heteroatoms. The molecule has 2 aromatic carbocycles. The van der Waals surface area contributed by atoms with Gasteiger partial charge in [-0.3, -0.25) is 9.10 Å². The topological polar surface area (TPSA) is 54.5 Å². The van der Waals surface area contributed by atoms with Crippen LogP contribution < -0.4 is 4.31 Å². The number of anilines is 1. The molecular weight excluding hydrogens is 364 g/mol. The molecule has 122 valence electrons. The Kier molecular flexibility index (Phi) is 5.29. The van der Waals surface area contributed by atoms with Crippen LogP contribution in [-0.2, 0) is 14.8 Å². The Morgan fingerprint density at radius 1 is 1.17 bits per heavy atom. The summed E-state index contributed by atoms with van der Waals surface area (Å²) in [5, 5.41) is -0.549. The summed E-state index contributed by atoms with van der Waals surface area (Å²) >= 11 is 11.4. The van der Waals surface area contributed by atoms with E-state index in [9.17, 15) is 17.6 Å². The summed E-state index contributed by atoms with van der Waals surface area (Å²) < 4.78 is 39.6. The molecule has 0 amide bonds. The van der Waals surface area contributed by atoms with Crippen LogP contribution in [0.5, 0.6) is 0 Å². The zero-order chi connectivity index (χ0) is 17.2. The molecule has 4 nitrogen and oxygen atoms in total. The molecule has 0 aliphatic carbocycles. The zero-order valence-corrected chi connectivity index (χ0v) is 14.2. The average Bonchev–Trinajstić information content (AvgIpc) is 2.47. The van der Waals surface area contributed by atoms with Gasteiger partial charge in [-0.05, 0) is 61.0 Å². The number of nitrogens with zero attached hydrogens (tertiary/aromatic N) is 1. The van der Waals surface area contributed by atoms with Crippen LogP contribution in [0, 0.1) is 5.82 Å². The molecule has 1 unspecified atom stereocenters. The van der Waals surface area contributed by atoms with E-state index in [1.54, 1.807) is 12.1 Å². The molecule has 0 saturated carbocycles. The Hall–Kier alpha value is -1.63. The Bertz CT molecular complexity index is 825. The van der Waals surface area contributed by atoms with Crippen molar-refractivity contribution in [2.75, 3.05) is 4.31 Å². The second-order valence-corrected chi connectivity index (χ2v) is 7.34. The summed E-state index contributed by atoms with van der Waals surface area (Å²) in [5.41, 5.74) is 0.184. The largest absolute Gasteiger partial charge is 0.279 e. The average molecular weight is 376 g/mol. The van der Waals surface area contributed by atoms with E-state index in [0.717, 1.165) is 28.6 Å². The first-order chi connectivity index (χ1) is 10.7. The van der Waals surface area contributed by atoms with E-state index >= 15 is 0 Å². The van der Waals surface area contributed by atoms with Crippen LogP contribution in [0.2, 0.25) is 5.02 Å². The highest BCUT2D eigenvalue weighted by Gasteiger charge is 2.32. The number of carbonyl (C=O) groups is 1. The minimum Gasteiger partial charge on any atom is -0.279 e. The zero-order valence-electron chi connectivity index (χ0n) is 11.9. The summed E-state index contributed by atoms with van der Waals surface area (Å²) in [7, 11) is -4.13. The molecular formula is C15H12Cl2FNO3S. The van der Waals surface area contributed by atoms with Gasteiger partial charge in [0.2, 0.25) is 5.24 Å². The first-order valence-electron chi connectivity index (χ1n) is 6.48. The number of hydrogen-bond donors (Lipinski definition) is 0. The maximum absolute atomic E-state index is 13.0. The molecule has 0 aliphatic heterocycles. The minimum atomic E-state index is -4.13. The van der Waals surface area contributed by atoms with Crippen LogP contribution in [0.1, 0.15) is 6.92 Å². The molecule has 0 heterocycles. The van der Waals surface area contributed by atoms with Crippen molar-refractivity contribution in [1.29, 1.82) is 0 Å². The summed E-state index contributed by atoms with van der Waals surface area (Å²) in [6.45, 7) is 1.36. The van der Waals surface area contributed by atoms with Crippen LogP contribution in [0.25, 0.3) is 0 Å². The fourth-order valence-electron chi connectivity index (χ4n) is 2.00. The van der Waals surface area contributed by atoms with Gasteiger partial charge in [-0.15, -0.1) is 0 Å². The second kappa shape index (κ2) is 6.86. The van der Waals surface area contributed by atoms with E-state index in [1.165, 1.54) is 19.1 Å². The summed E-state index contributed by atoms with van der Waals surface area (Å²) in [6.07, 6.45) is 0. The Balaban J connectivity index is 2.61. The van der Waals surface area contributed by atoms with Gasteiger partial charge in [-0.1, -0.05) is 17.7 Å². The van der Waals surface area contributed by atoms with Crippen molar-refractivity contribution in [3.05, 3.63) is 59.4 Å². The Morgan fingerprint density at radius 2 is 1.78 bits per heavy atom. The lowest BCUT2D eigenvalue weighted by Gasteiger charge is -2.28. The summed E-state index contributed by atoms with van der Waals surface area (Å²) in [5.74, 6) is -0.570. The van der Waals surface area contributed by atoms with Gasteiger partial charge >= 0.3 is 0 Å². The highest BCUT2D eigenvalue weighted by molar-refractivity contribution is 7.93. The number of halogens is 3. The van der Waals surface area contributed by atoms with Crippen LogP contribution in [-0.4, -0.2) is 19.7 Å². The van der Waals surface area contributed by atoms with Crippen LogP contribution in [0.15, 0.2) is 53.4 Å². The van der Waals surface area contributed by atoms with Gasteiger partial charge < -0.3 is 0 Å². The Labute approximate surface area is 143 Å². The molecule has 0 aliphatic rings. The molecule has 0 N–H and O–H groups in total. The van der Waals surface area contributed by atoms with Crippen molar-refractivity contribution in [2.45, 2.75) is 17.9 Å². The molecule has 1 atom stereocenters. The van der Waals surface area contributed by atoms with Crippen molar-refractivity contribution < 1.29 is 17.6 Å². The van der Waals surface area contributed by atoms with E-state index in [2.05, 4.69) is 0 Å². The van der Waals surface area contributed by atoms with Gasteiger partial charge in [0.05, 0.1) is 10.6 Å². The molecule has 0 fully saturated rings. The highest BCUT2D eigenvalue weighted by Crippen LogP contribution is 2.29. The van der Waals surface area contributed by atoms with Crippen LogP contribution in [0.4, 0.5) is 10.1 Å². The predicted octanol–water partition coefficient (Wildman–Crippen LogP) is 3.83. The van der Waals surface area contributed by atoms with E-state index < -0.39 is 27.1 Å². The van der Waals surface area contributed by atoms with Crippen LogP contribution in [0.3, 0.4) is 0 Å². The molecule has 2 rings (SSSR count). The van der Waals surface area contributed by atoms with Gasteiger partial charge in [0.1, 0.15) is 11.9 Å².